The summed E-state index contributed by atoms with van der Waals surface area (Å²) in [5.41, 5.74) is 0.483. The van der Waals surface area contributed by atoms with Crippen molar-refractivity contribution in [2.24, 2.45) is 17.8 Å². The van der Waals surface area contributed by atoms with Crippen molar-refractivity contribution >= 4 is 21.8 Å². The van der Waals surface area contributed by atoms with Gasteiger partial charge in [0.2, 0.25) is 15.9 Å². The summed E-state index contributed by atoms with van der Waals surface area (Å²) in [5, 5.41) is 5.90. The zero-order valence-electron chi connectivity index (χ0n) is 19.2. The number of sulfonamides is 1. The third-order valence-electron chi connectivity index (χ3n) is 7.57. The molecule has 8 heteroatoms. The summed E-state index contributed by atoms with van der Waals surface area (Å²) in [6, 6.07) is 6.35. The molecule has 1 heterocycles. The maximum atomic E-state index is 13.1. The lowest BCUT2D eigenvalue weighted by Gasteiger charge is -2.21. The number of nitrogens with zero attached hydrogens (tertiary/aromatic N) is 1. The van der Waals surface area contributed by atoms with Gasteiger partial charge in [-0.1, -0.05) is 38.7 Å². The molecule has 2 unspecified atom stereocenters. The fourth-order valence-corrected chi connectivity index (χ4v) is 7.28. The first kappa shape index (κ1) is 24.0. The van der Waals surface area contributed by atoms with Crippen molar-refractivity contribution in [1.82, 2.24) is 14.9 Å². The fraction of sp³-hybridized carbons (Fsp3) is 0.600. The summed E-state index contributed by atoms with van der Waals surface area (Å²) in [6.45, 7) is 5.08. The standard InChI is InChI=1S/C25H35N3O4S/c1-2-24(29)27-22-14-20-16-28(17-21(20)15-22)33(31,32)23-10-8-19(9-11-23)25(30)26-13-12-18-6-4-3-5-7-18/h2,8-11,18,20-22H,1,3-7,12-17H2,(H,26,30)(H,27,29). The van der Waals surface area contributed by atoms with Gasteiger partial charge in [0.1, 0.15) is 0 Å². The predicted octanol–water partition coefficient (Wildman–Crippen LogP) is 3.09. The Morgan fingerprint density at radius 3 is 2.27 bits per heavy atom. The van der Waals surface area contributed by atoms with Crippen LogP contribution in [0.5, 0.6) is 0 Å². The van der Waals surface area contributed by atoms with Crippen molar-refractivity contribution < 1.29 is 18.0 Å². The molecule has 0 radical (unpaired) electrons. The predicted molar refractivity (Wildman–Crippen MR) is 127 cm³/mol. The zero-order chi connectivity index (χ0) is 23.4. The van der Waals surface area contributed by atoms with Crippen molar-refractivity contribution in [3.05, 3.63) is 42.5 Å². The Morgan fingerprint density at radius 2 is 1.67 bits per heavy atom. The number of fused-ring (bicyclic) bond motifs is 1. The second-order valence-corrected chi connectivity index (χ2v) is 11.7. The maximum absolute atomic E-state index is 13.1. The van der Waals surface area contributed by atoms with E-state index in [9.17, 15) is 18.0 Å². The van der Waals surface area contributed by atoms with Crippen LogP contribution in [0.2, 0.25) is 0 Å². The Morgan fingerprint density at radius 1 is 1.03 bits per heavy atom. The molecule has 1 saturated heterocycles. The highest BCUT2D eigenvalue weighted by Crippen LogP contribution is 2.40. The van der Waals surface area contributed by atoms with Gasteiger partial charge in [-0.3, -0.25) is 9.59 Å². The van der Waals surface area contributed by atoms with Crippen LogP contribution in [0.3, 0.4) is 0 Å². The number of benzene rings is 1. The molecule has 4 rings (SSSR count). The van der Waals surface area contributed by atoms with Crippen LogP contribution in [0.4, 0.5) is 0 Å². The highest BCUT2D eigenvalue weighted by atomic mass is 32.2. The van der Waals surface area contributed by atoms with Gasteiger partial charge in [0.25, 0.3) is 5.91 Å². The Hall–Kier alpha value is -2.19. The van der Waals surface area contributed by atoms with Crippen LogP contribution in [-0.4, -0.2) is 50.2 Å². The summed E-state index contributed by atoms with van der Waals surface area (Å²) >= 11 is 0. The van der Waals surface area contributed by atoms with Gasteiger partial charge in [0, 0.05) is 31.2 Å². The van der Waals surface area contributed by atoms with Gasteiger partial charge in [-0.15, -0.1) is 0 Å². The Labute approximate surface area is 197 Å². The van der Waals surface area contributed by atoms with Crippen LogP contribution in [0.1, 0.15) is 61.7 Å². The molecule has 2 N–H and O–H groups in total. The van der Waals surface area contributed by atoms with E-state index in [4.69, 9.17) is 0 Å². The molecule has 180 valence electrons. The third-order valence-corrected chi connectivity index (χ3v) is 9.41. The molecule has 3 fully saturated rings. The van der Waals surface area contributed by atoms with Gasteiger partial charge in [0.05, 0.1) is 4.90 Å². The van der Waals surface area contributed by atoms with Crippen LogP contribution in [0.25, 0.3) is 0 Å². The third kappa shape index (κ3) is 5.66. The van der Waals surface area contributed by atoms with Gasteiger partial charge in [0.15, 0.2) is 0 Å². The van der Waals surface area contributed by atoms with E-state index < -0.39 is 10.0 Å². The molecule has 3 aliphatic rings. The quantitative estimate of drug-likeness (QED) is 0.567. The molecule has 7 nitrogen and oxygen atoms in total. The molecule has 0 spiro atoms. The van der Waals surface area contributed by atoms with Crippen LogP contribution < -0.4 is 10.6 Å². The Bertz CT molecular complexity index is 956. The van der Waals surface area contributed by atoms with Crippen LogP contribution in [-0.2, 0) is 14.8 Å². The van der Waals surface area contributed by atoms with Gasteiger partial charge < -0.3 is 10.6 Å². The van der Waals surface area contributed by atoms with E-state index in [1.165, 1.54) is 50.3 Å². The number of hydrogen-bond donors (Lipinski definition) is 2. The average Bonchev–Trinajstić information content (AvgIpc) is 3.39. The fourth-order valence-electron chi connectivity index (χ4n) is 5.73. The van der Waals surface area contributed by atoms with Crippen molar-refractivity contribution in [1.29, 1.82) is 0 Å². The van der Waals surface area contributed by atoms with E-state index in [0.717, 1.165) is 19.3 Å². The molecule has 2 aliphatic carbocycles. The monoisotopic (exact) mass is 473 g/mol. The van der Waals surface area contributed by atoms with Crippen molar-refractivity contribution in [3.63, 3.8) is 0 Å². The van der Waals surface area contributed by atoms with E-state index >= 15 is 0 Å². The van der Waals surface area contributed by atoms with Gasteiger partial charge in [-0.25, -0.2) is 8.42 Å². The first-order valence-electron chi connectivity index (χ1n) is 12.2. The molecule has 1 aliphatic heterocycles. The summed E-state index contributed by atoms with van der Waals surface area (Å²) < 4.78 is 27.8. The molecular weight excluding hydrogens is 438 g/mol. The lowest BCUT2D eigenvalue weighted by atomic mass is 9.87. The second-order valence-electron chi connectivity index (χ2n) is 9.80. The molecule has 2 saturated carbocycles. The summed E-state index contributed by atoms with van der Waals surface area (Å²) in [4.78, 5) is 24.2. The maximum Gasteiger partial charge on any atom is 0.251 e. The molecule has 2 amide bonds. The van der Waals surface area contributed by atoms with Gasteiger partial charge in [-0.05, 0) is 67.4 Å². The van der Waals surface area contributed by atoms with Crippen LogP contribution in [0.15, 0.2) is 41.8 Å². The van der Waals surface area contributed by atoms with Crippen molar-refractivity contribution in [2.75, 3.05) is 19.6 Å². The molecule has 2 atom stereocenters. The lowest BCUT2D eigenvalue weighted by Crippen LogP contribution is -2.35. The first-order valence-corrected chi connectivity index (χ1v) is 13.6. The lowest BCUT2D eigenvalue weighted by molar-refractivity contribution is -0.117. The molecule has 0 bridgehead atoms. The van der Waals surface area contributed by atoms with Crippen LogP contribution in [0, 0.1) is 17.8 Å². The number of nitrogens with one attached hydrogen (secondary N) is 2. The van der Waals surface area contributed by atoms with Crippen molar-refractivity contribution in [3.8, 4) is 0 Å². The topological polar surface area (TPSA) is 95.6 Å². The molecule has 33 heavy (non-hydrogen) atoms. The summed E-state index contributed by atoms with van der Waals surface area (Å²) in [6.07, 6.45) is 10.3. The summed E-state index contributed by atoms with van der Waals surface area (Å²) in [7, 11) is -3.60. The molecule has 1 aromatic rings. The smallest absolute Gasteiger partial charge is 0.251 e. The van der Waals surface area contributed by atoms with E-state index in [1.54, 1.807) is 16.4 Å². The minimum absolute atomic E-state index is 0.0891. The number of carbonyl (C=O) groups excluding carboxylic acids is 2. The van der Waals surface area contributed by atoms with E-state index in [2.05, 4.69) is 17.2 Å². The highest BCUT2D eigenvalue weighted by Gasteiger charge is 2.45. The number of amides is 2. The van der Waals surface area contributed by atoms with Crippen LogP contribution >= 0.6 is 0 Å². The zero-order valence-corrected chi connectivity index (χ0v) is 20.0. The minimum atomic E-state index is -3.60. The van der Waals surface area contributed by atoms with E-state index in [0.29, 0.717) is 31.1 Å². The normalized spacial score (nSPS) is 26.0. The first-order chi connectivity index (χ1) is 15.9. The largest absolute Gasteiger partial charge is 0.352 e. The summed E-state index contributed by atoms with van der Waals surface area (Å²) in [5.74, 6) is 0.883. The number of rotatable bonds is 8. The van der Waals surface area contributed by atoms with E-state index in [1.807, 2.05) is 0 Å². The average molecular weight is 474 g/mol. The number of carbonyl (C=O) groups is 2. The van der Waals surface area contributed by atoms with E-state index in [-0.39, 0.29) is 34.6 Å². The molecule has 0 aromatic heterocycles. The van der Waals surface area contributed by atoms with Crippen molar-refractivity contribution in [2.45, 2.75) is 62.3 Å². The minimum Gasteiger partial charge on any atom is -0.352 e. The number of hydrogen-bond acceptors (Lipinski definition) is 4. The van der Waals surface area contributed by atoms with Gasteiger partial charge in [-0.2, -0.15) is 4.31 Å². The van der Waals surface area contributed by atoms with Gasteiger partial charge >= 0.3 is 0 Å². The highest BCUT2D eigenvalue weighted by molar-refractivity contribution is 7.89. The second kappa shape index (κ2) is 10.4. The SMILES string of the molecule is C=CC(=O)NC1CC2CN(S(=O)(=O)c3ccc(C(=O)NCCC4CCCCC4)cc3)CC2C1. The molecule has 1 aromatic carbocycles. The Kier molecular flexibility index (Phi) is 7.54. The molecular formula is C25H35N3O4S. The Balaban J connectivity index is 1.29.